The highest BCUT2D eigenvalue weighted by atomic mass is 79.9. The molecule has 1 unspecified atom stereocenters. The van der Waals surface area contributed by atoms with Crippen LogP contribution < -0.4 is 5.32 Å². The van der Waals surface area contributed by atoms with E-state index < -0.39 is 0 Å². The Hall–Kier alpha value is -0.0900. The van der Waals surface area contributed by atoms with Crippen molar-refractivity contribution in [1.82, 2.24) is 5.32 Å². The molecule has 1 saturated heterocycles. The summed E-state index contributed by atoms with van der Waals surface area (Å²) < 4.78 is 5.55. The SMILES string of the molecule is CC1(C)CC(NC(=O)CBr)CCO1. The Balaban J connectivity index is 2.39. The number of carbonyl (C=O) groups is 1. The molecule has 4 heteroatoms. The minimum Gasteiger partial charge on any atom is -0.375 e. The van der Waals surface area contributed by atoms with Crippen LogP contribution in [0.3, 0.4) is 0 Å². The van der Waals surface area contributed by atoms with Crippen molar-refractivity contribution >= 4 is 21.8 Å². The second-order valence-electron chi connectivity index (χ2n) is 4.00. The van der Waals surface area contributed by atoms with E-state index in [1.165, 1.54) is 0 Å². The summed E-state index contributed by atoms with van der Waals surface area (Å²) in [6, 6.07) is 0.272. The molecular formula is C9H16BrNO2. The van der Waals surface area contributed by atoms with Gasteiger partial charge in [-0.25, -0.2) is 0 Å². The summed E-state index contributed by atoms with van der Waals surface area (Å²) in [7, 11) is 0. The van der Waals surface area contributed by atoms with E-state index in [4.69, 9.17) is 4.74 Å². The van der Waals surface area contributed by atoms with Crippen LogP contribution in [-0.2, 0) is 9.53 Å². The lowest BCUT2D eigenvalue weighted by Crippen LogP contribution is -2.46. The molecule has 3 nitrogen and oxygen atoms in total. The minimum atomic E-state index is -0.0947. The smallest absolute Gasteiger partial charge is 0.230 e. The molecule has 0 aromatic heterocycles. The van der Waals surface area contributed by atoms with Crippen molar-refractivity contribution < 1.29 is 9.53 Å². The number of ether oxygens (including phenoxy) is 1. The highest BCUT2D eigenvalue weighted by Crippen LogP contribution is 2.23. The topological polar surface area (TPSA) is 38.3 Å². The van der Waals surface area contributed by atoms with Crippen LogP contribution in [0, 0.1) is 0 Å². The Morgan fingerprint density at radius 3 is 2.92 bits per heavy atom. The van der Waals surface area contributed by atoms with Crippen LogP contribution in [0.5, 0.6) is 0 Å². The fourth-order valence-electron chi connectivity index (χ4n) is 1.62. The van der Waals surface area contributed by atoms with Gasteiger partial charge in [0, 0.05) is 12.6 Å². The molecule has 1 aliphatic heterocycles. The molecule has 1 N–H and O–H groups in total. The fraction of sp³-hybridized carbons (Fsp3) is 0.889. The quantitative estimate of drug-likeness (QED) is 0.753. The van der Waals surface area contributed by atoms with Gasteiger partial charge in [-0.1, -0.05) is 15.9 Å². The largest absolute Gasteiger partial charge is 0.375 e. The van der Waals surface area contributed by atoms with E-state index >= 15 is 0 Å². The first-order valence-electron chi connectivity index (χ1n) is 4.53. The highest BCUT2D eigenvalue weighted by molar-refractivity contribution is 9.09. The highest BCUT2D eigenvalue weighted by Gasteiger charge is 2.29. The van der Waals surface area contributed by atoms with Gasteiger partial charge in [-0.05, 0) is 26.7 Å². The molecule has 0 aromatic rings. The number of rotatable bonds is 2. The molecule has 1 heterocycles. The molecule has 1 fully saturated rings. The Morgan fingerprint density at radius 2 is 2.38 bits per heavy atom. The summed E-state index contributed by atoms with van der Waals surface area (Å²) in [6.07, 6.45) is 1.81. The van der Waals surface area contributed by atoms with Crippen LogP contribution in [0.2, 0.25) is 0 Å². The van der Waals surface area contributed by atoms with E-state index in [0.29, 0.717) is 5.33 Å². The second-order valence-corrected chi connectivity index (χ2v) is 4.56. The zero-order chi connectivity index (χ0) is 9.90. The van der Waals surface area contributed by atoms with Gasteiger partial charge in [-0.3, -0.25) is 4.79 Å². The molecule has 0 aliphatic carbocycles. The third-order valence-electron chi connectivity index (χ3n) is 2.18. The standard InChI is InChI=1S/C9H16BrNO2/c1-9(2)5-7(3-4-13-9)11-8(12)6-10/h7H,3-6H2,1-2H3,(H,11,12). The maximum Gasteiger partial charge on any atom is 0.230 e. The minimum absolute atomic E-state index is 0.0581. The van der Waals surface area contributed by atoms with Gasteiger partial charge in [0.05, 0.1) is 10.9 Å². The van der Waals surface area contributed by atoms with E-state index in [-0.39, 0.29) is 17.6 Å². The average Bonchev–Trinajstić information content (AvgIpc) is 2.02. The van der Waals surface area contributed by atoms with Gasteiger partial charge in [0.2, 0.25) is 5.91 Å². The molecule has 0 aromatic carbocycles. The summed E-state index contributed by atoms with van der Waals surface area (Å²) in [4.78, 5) is 11.1. The van der Waals surface area contributed by atoms with Crippen LogP contribution >= 0.6 is 15.9 Å². The maximum absolute atomic E-state index is 11.1. The molecule has 1 aliphatic rings. The molecule has 0 spiro atoms. The van der Waals surface area contributed by atoms with Crippen molar-refractivity contribution in [2.45, 2.75) is 38.3 Å². The van der Waals surface area contributed by atoms with Crippen molar-refractivity contribution in [3.63, 3.8) is 0 Å². The summed E-state index contributed by atoms with van der Waals surface area (Å²) in [6.45, 7) is 4.85. The van der Waals surface area contributed by atoms with E-state index in [2.05, 4.69) is 35.1 Å². The first-order chi connectivity index (χ1) is 6.03. The van der Waals surface area contributed by atoms with Gasteiger partial charge < -0.3 is 10.1 Å². The number of nitrogens with one attached hydrogen (secondary N) is 1. The van der Waals surface area contributed by atoms with Gasteiger partial charge >= 0.3 is 0 Å². The summed E-state index contributed by atoms with van der Waals surface area (Å²) in [5, 5.41) is 3.34. The maximum atomic E-state index is 11.1. The third kappa shape index (κ3) is 3.65. The molecule has 1 atom stereocenters. The molecule has 0 saturated carbocycles. The Morgan fingerprint density at radius 1 is 1.69 bits per heavy atom. The summed E-state index contributed by atoms with van der Waals surface area (Å²) >= 11 is 3.13. The first kappa shape index (κ1) is 11.0. The predicted octanol–water partition coefficient (Wildman–Crippen LogP) is 1.46. The molecule has 13 heavy (non-hydrogen) atoms. The monoisotopic (exact) mass is 249 g/mol. The van der Waals surface area contributed by atoms with E-state index in [1.807, 2.05) is 0 Å². The van der Waals surface area contributed by atoms with Gasteiger partial charge in [0.25, 0.3) is 0 Å². The van der Waals surface area contributed by atoms with Crippen molar-refractivity contribution in [1.29, 1.82) is 0 Å². The Bertz CT molecular complexity index is 194. The molecule has 76 valence electrons. The molecular weight excluding hydrogens is 234 g/mol. The van der Waals surface area contributed by atoms with Crippen LogP contribution in [0.1, 0.15) is 26.7 Å². The van der Waals surface area contributed by atoms with Crippen LogP contribution in [0.25, 0.3) is 0 Å². The van der Waals surface area contributed by atoms with Gasteiger partial charge in [-0.2, -0.15) is 0 Å². The Kier molecular flexibility index (Phi) is 3.74. The summed E-state index contributed by atoms with van der Waals surface area (Å²) in [5.41, 5.74) is -0.0947. The number of alkyl halides is 1. The van der Waals surface area contributed by atoms with Crippen molar-refractivity contribution in [3.05, 3.63) is 0 Å². The number of carbonyl (C=O) groups excluding carboxylic acids is 1. The first-order valence-corrected chi connectivity index (χ1v) is 5.65. The average molecular weight is 250 g/mol. The lowest BCUT2D eigenvalue weighted by atomic mass is 9.94. The normalized spacial score (nSPS) is 26.8. The zero-order valence-corrected chi connectivity index (χ0v) is 9.69. The number of halogens is 1. The van der Waals surface area contributed by atoms with Crippen LogP contribution in [0.4, 0.5) is 0 Å². The van der Waals surface area contributed by atoms with Gasteiger partial charge in [0.1, 0.15) is 0 Å². The number of hydrogen-bond acceptors (Lipinski definition) is 2. The van der Waals surface area contributed by atoms with Gasteiger partial charge in [0.15, 0.2) is 0 Å². The van der Waals surface area contributed by atoms with Crippen LogP contribution in [-0.4, -0.2) is 29.5 Å². The fourth-order valence-corrected chi connectivity index (χ4v) is 1.78. The van der Waals surface area contributed by atoms with Gasteiger partial charge in [-0.15, -0.1) is 0 Å². The molecule has 0 radical (unpaired) electrons. The number of hydrogen-bond donors (Lipinski definition) is 1. The predicted molar refractivity (Wildman–Crippen MR) is 55.0 cm³/mol. The van der Waals surface area contributed by atoms with E-state index in [1.54, 1.807) is 0 Å². The Labute approximate surface area is 87.3 Å². The second kappa shape index (κ2) is 4.42. The van der Waals surface area contributed by atoms with E-state index in [0.717, 1.165) is 19.4 Å². The van der Waals surface area contributed by atoms with Crippen molar-refractivity contribution in [3.8, 4) is 0 Å². The van der Waals surface area contributed by atoms with Crippen LogP contribution in [0.15, 0.2) is 0 Å². The molecule has 0 bridgehead atoms. The molecule has 1 rings (SSSR count). The molecule has 1 amide bonds. The van der Waals surface area contributed by atoms with Crippen molar-refractivity contribution in [2.24, 2.45) is 0 Å². The lowest BCUT2D eigenvalue weighted by molar-refractivity contribution is -0.121. The van der Waals surface area contributed by atoms with E-state index in [9.17, 15) is 4.79 Å². The zero-order valence-electron chi connectivity index (χ0n) is 8.10. The summed E-state index contributed by atoms with van der Waals surface area (Å²) in [5.74, 6) is 0.0581. The third-order valence-corrected chi connectivity index (χ3v) is 2.69. The lowest BCUT2D eigenvalue weighted by Gasteiger charge is -2.35. The van der Waals surface area contributed by atoms with Crippen molar-refractivity contribution in [2.75, 3.05) is 11.9 Å². The number of amides is 1.